The molecule has 0 aliphatic heterocycles. The van der Waals surface area contributed by atoms with Crippen LogP contribution in [0.25, 0.3) is 11.4 Å². The molecule has 0 aliphatic carbocycles. The van der Waals surface area contributed by atoms with Crippen LogP contribution in [0.5, 0.6) is 28.7 Å². The highest BCUT2D eigenvalue weighted by Crippen LogP contribution is 2.38. The molecular weight excluding hydrogens is 406 g/mol. The van der Waals surface area contributed by atoms with Crippen molar-refractivity contribution in [1.82, 2.24) is 15.5 Å². The molecule has 10 nitrogen and oxygen atoms in total. The summed E-state index contributed by atoms with van der Waals surface area (Å²) in [6.07, 6.45) is 0. The minimum Gasteiger partial charge on any atom is -0.493 e. The van der Waals surface area contributed by atoms with Gasteiger partial charge in [0.1, 0.15) is 0 Å². The van der Waals surface area contributed by atoms with Crippen molar-refractivity contribution in [2.75, 3.05) is 35.5 Å². The van der Waals surface area contributed by atoms with E-state index in [0.717, 1.165) is 5.56 Å². The molecule has 0 spiro atoms. The highest BCUT2D eigenvalue weighted by atomic mass is 16.5. The van der Waals surface area contributed by atoms with Crippen LogP contribution >= 0.6 is 0 Å². The number of benzene rings is 2. The van der Waals surface area contributed by atoms with Gasteiger partial charge < -0.3 is 33.5 Å². The molecule has 10 heteroatoms. The molecule has 1 heterocycles. The van der Waals surface area contributed by atoms with E-state index in [1.165, 1.54) is 28.4 Å². The minimum absolute atomic E-state index is 0.169. The van der Waals surface area contributed by atoms with Crippen molar-refractivity contribution in [3.63, 3.8) is 0 Å². The van der Waals surface area contributed by atoms with Crippen LogP contribution < -0.4 is 29.0 Å². The Hall–Kier alpha value is -3.95. The van der Waals surface area contributed by atoms with E-state index in [-0.39, 0.29) is 18.3 Å². The van der Waals surface area contributed by atoms with Gasteiger partial charge in [-0.25, -0.2) is 0 Å². The molecule has 0 radical (unpaired) electrons. The van der Waals surface area contributed by atoms with E-state index < -0.39 is 5.91 Å². The number of hydrogen-bond acceptors (Lipinski definition) is 9. The van der Waals surface area contributed by atoms with E-state index in [4.69, 9.17) is 28.2 Å². The van der Waals surface area contributed by atoms with Gasteiger partial charge in [-0.1, -0.05) is 5.16 Å². The van der Waals surface area contributed by atoms with Crippen LogP contribution in [0.1, 0.15) is 16.2 Å². The first-order valence-corrected chi connectivity index (χ1v) is 9.17. The second-order valence-corrected chi connectivity index (χ2v) is 6.21. The third-order valence-electron chi connectivity index (χ3n) is 4.44. The van der Waals surface area contributed by atoms with Crippen LogP contribution in [0.15, 0.2) is 34.9 Å². The average Bonchev–Trinajstić information content (AvgIpc) is 3.31. The van der Waals surface area contributed by atoms with E-state index in [0.29, 0.717) is 34.3 Å². The Morgan fingerprint density at radius 2 is 1.52 bits per heavy atom. The van der Waals surface area contributed by atoms with Gasteiger partial charge in [0, 0.05) is 12.1 Å². The lowest BCUT2D eigenvalue weighted by molar-refractivity contribution is 0.0907. The molecule has 0 aliphatic rings. The van der Waals surface area contributed by atoms with Gasteiger partial charge in [-0.3, -0.25) is 4.79 Å². The van der Waals surface area contributed by atoms with Crippen molar-refractivity contribution >= 4 is 5.91 Å². The summed E-state index contributed by atoms with van der Waals surface area (Å²) in [6, 6.07) is 8.63. The second-order valence-electron chi connectivity index (χ2n) is 6.21. The summed E-state index contributed by atoms with van der Waals surface area (Å²) in [5, 5.41) is 6.60. The average molecular weight is 429 g/mol. The van der Waals surface area contributed by atoms with E-state index in [2.05, 4.69) is 15.5 Å². The first kappa shape index (κ1) is 21.8. The summed E-state index contributed by atoms with van der Waals surface area (Å²) >= 11 is 0. The predicted octanol–water partition coefficient (Wildman–Crippen LogP) is 2.71. The van der Waals surface area contributed by atoms with Gasteiger partial charge in [-0.05, 0) is 35.9 Å². The van der Waals surface area contributed by atoms with Crippen molar-refractivity contribution in [2.24, 2.45) is 0 Å². The lowest BCUT2D eigenvalue weighted by Crippen LogP contribution is -2.23. The molecule has 164 valence electrons. The maximum atomic E-state index is 12.5. The van der Waals surface area contributed by atoms with E-state index in [9.17, 15) is 4.79 Å². The van der Waals surface area contributed by atoms with Crippen molar-refractivity contribution in [3.05, 3.63) is 41.8 Å². The summed E-state index contributed by atoms with van der Waals surface area (Å²) in [7, 11) is 7.64. The zero-order valence-electron chi connectivity index (χ0n) is 17.8. The highest BCUT2D eigenvalue weighted by molar-refractivity contribution is 5.89. The maximum absolute atomic E-state index is 12.5. The number of rotatable bonds is 9. The van der Waals surface area contributed by atoms with Gasteiger partial charge in [0.15, 0.2) is 23.0 Å². The molecule has 3 aromatic rings. The first-order valence-electron chi connectivity index (χ1n) is 9.17. The smallest absolute Gasteiger partial charge is 0.316 e. The second kappa shape index (κ2) is 9.70. The van der Waals surface area contributed by atoms with Gasteiger partial charge >= 0.3 is 11.8 Å². The van der Waals surface area contributed by atoms with Gasteiger partial charge in [-0.15, -0.1) is 0 Å². The summed E-state index contributed by atoms with van der Waals surface area (Å²) < 4.78 is 31.5. The Bertz CT molecular complexity index is 1040. The molecule has 31 heavy (non-hydrogen) atoms. The van der Waals surface area contributed by atoms with Crippen molar-refractivity contribution in [3.8, 4) is 40.1 Å². The monoisotopic (exact) mass is 429 g/mol. The largest absolute Gasteiger partial charge is 0.493 e. The number of carbonyl (C=O) groups is 1. The number of nitrogens with zero attached hydrogens (tertiary/aromatic N) is 2. The molecule has 2 aromatic carbocycles. The van der Waals surface area contributed by atoms with Crippen LogP contribution in [0, 0.1) is 0 Å². The standard InChI is InChI=1S/C21H23N3O7/c1-26-14-7-6-13(10-15(14)27-2)19-23-21(31-24-19)20(25)22-11-12-8-16(28-3)18(30-5)17(9-12)29-4/h6-10H,11H2,1-5H3,(H,22,25). The molecule has 0 saturated carbocycles. The van der Waals surface area contributed by atoms with Crippen molar-refractivity contribution in [2.45, 2.75) is 6.54 Å². The van der Waals surface area contributed by atoms with Crippen LogP contribution in [0.2, 0.25) is 0 Å². The van der Waals surface area contributed by atoms with Crippen LogP contribution in [0.4, 0.5) is 0 Å². The number of ether oxygens (including phenoxy) is 5. The molecule has 1 aromatic heterocycles. The molecule has 0 bridgehead atoms. The van der Waals surface area contributed by atoms with E-state index in [1.807, 2.05) is 0 Å². The summed E-state index contributed by atoms with van der Waals surface area (Å²) in [5.41, 5.74) is 1.35. The zero-order valence-corrected chi connectivity index (χ0v) is 17.8. The van der Waals surface area contributed by atoms with Crippen LogP contribution in [-0.4, -0.2) is 51.6 Å². The van der Waals surface area contributed by atoms with Crippen LogP contribution in [0.3, 0.4) is 0 Å². The Balaban J connectivity index is 1.74. The Kier molecular flexibility index (Phi) is 6.81. The van der Waals surface area contributed by atoms with Gasteiger partial charge in [-0.2, -0.15) is 4.98 Å². The number of carbonyl (C=O) groups excluding carboxylic acids is 1. The Morgan fingerprint density at radius 3 is 2.10 bits per heavy atom. The van der Waals surface area contributed by atoms with E-state index in [1.54, 1.807) is 37.4 Å². The molecule has 0 fully saturated rings. The number of amides is 1. The fraction of sp³-hybridized carbons (Fsp3) is 0.286. The number of aromatic nitrogens is 2. The lowest BCUT2D eigenvalue weighted by atomic mass is 10.1. The van der Waals surface area contributed by atoms with E-state index >= 15 is 0 Å². The number of nitrogens with one attached hydrogen (secondary N) is 1. The summed E-state index contributed by atoms with van der Waals surface area (Å²) in [6.45, 7) is 0.184. The molecular formula is C21H23N3O7. The maximum Gasteiger partial charge on any atom is 0.316 e. The fourth-order valence-corrected chi connectivity index (χ4v) is 2.90. The van der Waals surface area contributed by atoms with Gasteiger partial charge in [0.2, 0.25) is 11.6 Å². The molecule has 3 rings (SSSR count). The third kappa shape index (κ3) is 4.63. The highest BCUT2D eigenvalue weighted by Gasteiger charge is 2.18. The third-order valence-corrected chi connectivity index (χ3v) is 4.44. The number of methoxy groups -OCH3 is 5. The molecule has 0 saturated heterocycles. The zero-order chi connectivity index (χ0) is 22.4. The topological polar surface area (TPSA) is 114 Å². The fourth-order valence-electron chi connectivity index (χ4n) is 2.90. The minimum atomic E-state index is -0.520. The SMILES string of the molecule is COc1ccc(-c2noc(C(=O)NCc3cc(OC)c(OC)c(OC)c3)n2)cc1OC. The molecule has 1 N–H and O–H groups in total. The van der Waals surface area contributed by atoms with Crippen LogP contribution in [-0.2, 0) is 6.54 Å². The first-order chi connectivity index (χ1) is 15.0. The normalized spacial score (nSPS) is 10.4. The summed E-state index contributed by atoms with van der Waals surface area (Å²) in [5.74, 6) is 2.08. The number of hydrogen-bond donors (Lipinski definition) is 1. The predicted molar refractivity (Wildman–Crippen MR) is 110 cm³/mol. The molecule has 0 unspecified atom stereocenters. The Labute approximate surface area is 179 Å². The quantitative estimate of drug-likeness (QED) is 0.548. The molecule has 1 amide bonds. The summed E-state index contributed by atoms with van der Waals surface area (Å²) in [4.78, 5) is 16.6. The Morgan fingerprint density at radius 1 is 0.871 bits per heavy atom. The van der Waals surface area contributed by atoms with Crippen molar-refractivity contribution in [1.29, 1.82) is 0 Å². The lowest BCUT2D eigenvalue weighted by Gasteiger charge is -2.14. The van der Waals surface area contributed by atoms with Gasteiger partial charge in [0.25, 0.3) is 0 Å². The van der Waals surface area contributed by atoms with Crippen molar-refractivity contribution < 1.29 is 33.0 Å². The molecule has 0 atom stereocenters. The van der Waals surface area contributed by atoms with Gasteiger partial charge in [0.05, 0.1) is 35.5 Å².